The lowest BCUT2D eigenvalue weighted by atomic mass is 10.1. The number of hydrogen-bond acceptors (Lipinski definition) is 1. The maximum absolute atomic E-state index is 12.0. The smallest absolute Gasteiger partial charge is 0.256 e. The van der Waals surface area contributed by atoms with E-state index in [0.29, 0.717) is 0 Å². The highest BCUT2D eigenvalue weighted by Gasteiger charge is 2.03. The molecule has 3 aromatic rings. The first kappa shape index (κ1) is 10.8. The molecular weight excluding hydrogens is 222 g/mol. The zero-order valence-electron chi connectivity index (χ0n) is 10.1. The number of hydrogen-bond donors (Lipinski definition) is 1. The maximum Gasteiger partial charge on any atom is 0.256 e. The molecular formula is C16H13NO. The van der Waals surface area contributed by atoms with Gasteiger partial charge in [-0.2, -0.15) is 0 Å². The number of benzene rings is 2. The van der Waals surface area contributed by atoms with E-state index in [-0.39, 0.29) is 5.56 Å². The minimum Gasteiger partial charge on any atom is -0.321 e. The lowest BCUT2D eigenvalue weighted by Gasteiger charge is -2.04. The highest BCUT2D eigenvalue weighted by atomic mass is 16.1. The Morgan fingerprint density at radius 2 is 1.67 bits per heavy atom. The molecule has 0 aliphatic carbocycles. The number of aryl methyl sites for hydroxylation is 1. The van der Waals surface area contributed by atoms with Gasteiger partial charge in [0, 0.05) is 11.1 Å². The molecule has 0 bridgehead atoms. The van der Waals surface area contributed by atoms with Gasteiger partial charge in [-0.05, 0) is 30.0 Å². The first-order valence-corrected chi connectivity index (χ1v) is 5.93. The largest absolute Gasteiger partial charge is 0.321 e. The second-order valence-corrected chi connectivity index (χ2v) is 4.47. The van der Waals surface area contributed by atoms with Crippen LogP contribution >= 0.6 is 0 Å². The Labute approximate surface area is 105 Å². The van der Waals surface area contributed by atoms with Crippen molar-refractivity contribution in [1.82, 2.24) is 4.98 Å². The molecule has 2 nitrogen and oxygen atoms in total. The topological polar surface area (TPSA) is 32.9 Å². The fraction of sp³-hybridized carbons (Fsp3) is 0.0625. The molecule has 0 atom stereocenters. The Kier molecular flexibility index (Phi) is 2.49. The van der Waals surface area contributed by atoms with E-state index in [1.165, 1.54) is 5.56 Å². The molecule has 2 aromatic carbocycles. The summed E-state index contributed by atoms with van der Waals surface area (Å²) in [6.45, 7) is 2.05. The van der Waals surface area contributed by atoms with Gasteiger partial charge in [-0.3, -0.25) is 4.79 Å². The van der Waals surface area contributed by atoms with Crippen molar-refractivity contribution in [3.63, 3.8) is 0 Å². The molecule has 0 saturated carbocycles. The van der Waals surface area contributed by atoms with Crippen LogP contribution in [0.15, 0.2) is 59.4 Å². The third-order valence-corrected chi connectivity index (χ3v) is 3.12. The molecule has 88 valence electrons. The number of nitrogens with one attached hydrogen (secondary N) is 1. The first-order valence-electron chi connectivity index (χ1n) is 5.93. The van der Waals surface area contributed by atoms with Crippen LogP contribution in [0, 0.1) is 6.92 Å². The van der Waals surface area contributed by atoms with E-state index in [1.807, 2.05) is 61.5 Å². The van der Waals surface area contributed by atoms with Gasteiger partial charge in [0.1, 0.15) is 0 Å². The summed E-state index contributed by atoms with van der Waals surface area (Å²) in [6.07, 6.45) is 0. The van der Waals surface area contributed by atoms with Gasteiger partial charge >= 0.3 is 0 Å². The number of aromatic amines is 1. The number of aromatic nitrogens is 1. The molecule has 1 heterocycles. The van der Waals surface area contributed by atoms with Crippen molar-refractivity contribution in [1.29, 1.82) is 0 Å². The Morgan fingerprint density at radius 1 is 0.944 bits per heavy atom. The first-order chi connectivity index (χ1) is 8.74. The molecule has 0 aliphatic heterocycles. The van der Waals surface area contributed by atoms with Crippen LogP contribution in [0.2, 0.25) is 0 Å². The molecule has 3 rings (SSSR count). The summed E-state index contributed by atoms with van der Waals surface area (Å²) in [5.74, 6) is 0. The zero-order chi connectivity index (χ0) is 12.5. The summed E-state index contributed by atoms with van der Waals surface area (Å²) >= 11 is 0. The van der Waals surface area contributed by atoms with Crippen LogP contribution in [0.1, 0.15) is 5.56 Å². The molecule has 0 spiro atoms. The highest BCUT2D eigenvalue weighted by molar-refractivity contribution is 5.84. The third-order valence-electron chi connectivity index (χ3n) is 3.12. The summed E-state index contributed by atoms with van der Waals surface area (Å²) in [6, 6.07) is 17.8. The van der Waals surface area contributed by atoms with Gasteiger partial charge in [-0.15, -0.1) is 0 Å². The van der Waals surface area contributed by atoms with E-state index in [1.54, 1.807) is 0 Å². The predicted octanol–water partition coefficient (Wildman–Crippen LogP) is 3.50. The summed E-state index contributed by atoms with van der Waals surface area (Å²) in [7, 11) is 0. The van der Waals surface area contributed by atoms with E-state index in [4.69, 9.17) is 0 Å². The molecule has 1 aromatic heterocycles. The lowest BCUT2D eigenvalue weighted by Crippen LogP contribution is -2.06. The summed E-state index contributed by atoms with van der Waals surface area (Å²) in [5.41, 5.74) is 3.06. The second kappa shape index (κ2) is 4.15. The summed E-state index contributed by atoms with van der Waals surface area (Å²) in [5, 5.41) is 1.70. The minimum absolute atomic E-state index is 0.0383. The van der Waals surface area contributed by atoms with Crippen molar-refractivity contribution in [2.45, 2.75) is 6.92 Å². The van der Waals surface area contributed by atoms with Gasteiger partial charge in [-0.25, -0.2) is 0 Å². The van der Waals surface area contributed by atoms with Crippen molar-refractivity contribution >= 4 is 10.8 Å². The van der Waals surface area contributed by atoms with Crippen LogP contribution in [-0.2, 0) is 0 Å². The molecule has 0 amide bonds. The Hall–Kier alpha value is -2.35. The molecule has 0 fully saturated rings. The molecule has 0 radical (unpaired) electrons. The van der Waals surface area contributed by atoms with E-state index in [9.17, 15) is 4.79 Å². The summed E-state index contributed by atoms with van der Waals surface area (Å²) in [4.78, 5) is 14.9. The standard InChI is InChI=1S/C16H13NO/c1-11-6-8-12(9-7-11)15-10-13-4-2-3-5-14(13)16(18)17-15/h2-10H,1H3,(H,17,18). The number of H-pyrrole nitrogens is 1. The van der Waals surface area contributed by atoms with Crippen LogP contribution < -0.4 is 5.56 Å². The average Bonchev–Trinajstić information content (AvgIpc) is 2.39. The van der Waals surface area contributed by atoms with Gasteiger partial charge in [0.25, 0.3) is 5.56 Å². The van der Waals surface area contributed by atoms with Gasteiger partial charge in [0.2, 0.25) is 0 Å². The lowest BCUT2D eigenvalue weighted by molar-refractivity contribution is 1.27. The SMILES string of the molecule is Cc1ccc(-c2cc3ccccc3c(=O)[nH]2)cc1. The monoisotopic (exact) mass is 235 g/mol. The van der Waals surface area contributed by atoms with E-state index in [0.717, 1.165) is 22.0 Å². The Morgan fingerprint density at radius 3 is 2.44 bits per heavy atom. The van der Waals surface area contributed by atoms with E-state index in [2.05, 4.69) is 4.98 Å². The maximum atomic E-state index is 12.0. The zero-order valence-corrected chi connectivity index (χ0v) is 10.1. The minimum atomic E-state index is -0.0383. The van der Waals surface area contributed by atoms with Crippen LogP contribution in [0.4, 0.5) is 0 Å². The number of pyridine rings is 1. The molecule has 0 aliphatic rings. The van der Waals surface area contributed by atoms with Crippen molar-refractivity contribution in [2.75, 3.05) is 0 Å². The van der Waals surface area contributed by atoms with Crippen molar-refractivity contribution in [3.05, 3.63) is 70.5 Å². The van der Waals surface area contributed by atoms with Crippen molar-refractivity contribution < 1.29 is 0 Å². The normalized spacial score (nSPS) is 10.7. The van der Waals surface area contributed by atoms with Crippen LogP contribution in [0.5, 0.6) is 0 Å². The van der Waals surface area contributed by atoms with Crippen molar-refractivity contribution in [3.8, 4) is 11.3 Å². The molecule has 18 heavy (non-hydrogen) atoms. The number of rotatable bonds is 1. The quantitative estimate of drug-likeness (QED) is 0.688. The molecule has 1 N–H and O–H groups in total. The average molecular weight is 235 g/mol. The van der Waals surface area contributed by atoms with Crippen molar-refractivity contribution in [2.24, 2.45) is 0 Å². The van der Waals surface area contributed by atoms with Gasteiger partial charge < -0.3 is 4.98 Å². The molecule has 2 heteroatoms. The van der Waals surface area contributed by atoms with E-state index >= 15 is 0 Å². The molecule has 0 unspecified atom stereocenters. The fourth-order valence-electron chi connectivity index (χ4n) is 2.10. The van der Waals surface area contributed by atoms with E-state index < -0.39 is 0 Å². The van der Waals surface area contributed by atoms with Gasteiger partial charge in [0.05, 0.1) is 0 Å². The van der Waals surface area contributed by atoms with Crippen LogP contribution in [0.25, 0.3) is 22.0 Å². The highest BCUT2D eigenvalue weighted by Crippen LogP contribution is 2.19. The second-order valence-electron chi connectivity index (χ2n) is 4.47. The third kappa shape index (κ3) is 1.82. The number of fused-ring (bicyclic) bond motifs is 1. The van der Waals surface area contributed by atoms with Crippen LogP contribution in [0.3, 0.4) is 0 Å². The Bertz CT molecular complexity index is 754. The van der Waals surface area contributed by atoms with Gasteiger partial charge in [0.15, 0.2) is 0 Å². The predicted molar refractivity (Wildman–Crippen MR) is 74.7 cm³/mol. The Balaban J connectivity index is 2.24. The molecule has 0 saturated heterocycles. The van der Waals surface area contributed by atoms with Crippen LogP contribution in [-0.4, -0.2) is 4.98 Å². The summed E-state index contributed by atoms with van der Waals surface area (Å²) < 4.78 is 0. The van der Waals surface area contributed by atoms with Gasteiger partial charge in [-0.1, -0.05) is 48.0 Å². The fourth-order valence-corrected chi connectivity index (χ4v) is 2.10.